The molecule has 0 aliphatic heterocycles. The van der Waals surface area contributed by atoms with E-state index in [0.717, 1.165) is 5.56 Å². The van der Waals surface area contributed by atoms with Crippen LogP contribution in [0.4, 0.5) is 5.69 Å². The molecule has 3 aromatic carbocycles. The van der Waals surface area contributed by atoms with Gasteiger partial charge in [0.05, 0.1) is 10.9 Å². The number of nitrogens with zero attached hydrogens (tertiary/aromatic N) is 1. The monoisotopic (exact) mass is 356 g/mol. The van der Waals surface area contributed by atoms with Gasteiger partial charge in [-0.2, -0.15) is 0 Å². The Bertz CT molecular complexity index is 1190. The van der Waals surface area contributed by atoms with Crippen molar-refractivity contribution >= 4 is 22.5 Å². The highest BCUT2D eigenvalue weighted by Crippen LogP contribution is 2.21. The Morgan fingerprint density at radius 2 is 1.63 bits per heavy atom. The molecule has 5 heteroatoms. The fourth-order valence-electron chi connectivity index (χ4n) is 2.86. The molecule has 1 aromatic heterocycles. The summed E-state index contributed by atoms with van der Waals surface area (Å²) in [6.45, 7) is 1.89. The van der Waals surface area contributed by atoms with E-state index in [4.69, 9.17) is 4.42 Å². The van der Waals surface area contributed by atoms with Crippen molar-refractivity contribution in [3.8, 4) is 11.5 Å². The van der Waals surface area contributed by atoms with E-state index in [1.165, 1.54) is 0 Å². The van der Waals surface area contributed by atoms with Crippen molar-refractivity contribution in [2.45, 2.75) is 6.92 Å². The Kier molecular flexibility index (Phi) is 4.26. The van der Waals surface area contributed by atoms with Crippen molar-refractivity contribution in [2.75, 3.05) is 5.32 Å². The molecule has 0 saturated carbocycles. The maximum absolute atomic E-state index is 12.4. The van der Waals surface area contributed by atoms with Crippen molar-refractivity contribution < 1.29 is 9.21 Å². The molecule has 0 fully saturated rings. The zero-order chi connectivity index (χ0) is 18.8. The number of carbonyl (C=O) groups is 1. The Morgan fingerprint density at radius 3 is 2.41 bits per heavy atom. The second-order valence-electron chi connectivity index (χ2n) is 6.17. The molecule has 1 N–H and O–H groups in total. The fourth-order valence-corrected chi connectivity index (χ4v) is 2.86. The van der Waals surface area contributed by atoms with Gasteiger partial charge in [0.2, 0.25) is 5.89 Å². The first-order valence-electron chi connectivity index (χ1n) is 8.49. The number of benzene rings is 3. The first kappa shape index (κ1) is 16.7. The topological polar surface area (TPSA) is 72.2 Å². The van der Waals surface area contributed by atoms with Crippen LogP contribution in [0.25, 0.3) is 22.4 Å². The minimum absolute atomic E-state index is 0.170. The number of hydrogen-bond donors (Lipinski definition) is 1. The maximum atomic E-state index is 12.4. The van der Waals surface area contributed by atoms with E-state index in [9.17, 15) is 9.59 Å². The highest BCUT2D eigenvalue weighted by atomic mass is 16.4. The van der Waals surface area contributed by atoms with Crippen LogP contribution in [0.1, 0.15) is 15.9 Å². The third-order valence-electron chi connectivity index (χ3n) is 4.31. The first-order chi connectivity index (χ1) is 13.1. The molecular formula is C22H16N2O3. The molecule has 0 radical (unpaired) electrons. The van der Waals surface area contributed by atoms with E-state index in [1.54, 1.807) is 48.5 Å². The smallest absolute Gasteiger partial charge is 0.347 e. The molecule has 0 aliphatic rings. The van der Waals surface area contributed by atoms with Crippen molar-refractivity contribution in [1.29, 1.82) is 0 Å². The van der Waals surface area contributed by atoms with Crippen LogP contribution in [-0.2, 0) is 0 Å². The number of fused-ring (bicyclic) bond motifs is 1. The number of anilines is 1. The summed E-state index contributed by atoms with van der Waals surface area (Å²) in [6, 6.07) is 21.5. The quantitative estimate of drug-likeness (QED) is 0.590. The summed E-state index contributed by atoms with van der Waals surface area (Å²) in [6.07, 6.45) is 0. The first-order valence-corrected chi connectivity index (χ1v) is 8.49. The SMILES string of the molecule is Cc1ccccc1C(=O)Nc1ccc(-c2nc3ccccc3c(=O)o2)cc1. The van der Waals surface area contributed by atoms with E-state index >= 15 is 0 Å². The predicted molar refractivity (Wildman–Crippen MR) is 105 cm³/mol. The number of rotatable bonds is 3. The fraction of sp³-hybridized carbons (Fsp3) is 0.0455. The Morgan fingerprint density at radius 1 is 0.926 bits per heavy atom. The molecule has 5 nitrogen and oxygen atoms in total. The summed E-state index contributed by atoms with van der Waals surface area (Å²) >= 11 is 0. The van der Waals surface area contributed by atoms with E-state index < -0.39 is 5.63 Å². The van der Waals surface area contributed by atoms with Crippen LogP contribution in [0.2, 0.25) is 0 Å². The molecule has 0 spiro atoms. The molecule has 1 amide bonds. The summed E-state index contributed by atoms with van der Waals surface area (Å²) in [4.78, 5) is 28.9. The number of aryl methyl sites for hydroxylation is 1. The highest BCUT2D eigenvalue weighted by molar-refractivity contribution is 6.05. The minimum atomic E-state index is -0.424. The van der Waals surface area contributed by atoms with Crippen LogP contribution in [0.5, 0.6) is 0 Å². The lowest BCUT2D eigenvalue weighted by Crippen LogP contribution is -2.13. The number of nitrogens with one attached hydrogen (secondary N) is 1. The van der Waals surface area contributed by atoms with Crippen LogP contribution in [0.3, 0.4) is 0 Å². The zero-order valence-corrected chi connectivity index (χ0v) is 14.6. The molecule has 0 atom stereocenters. The van der Waals surface area contributed by atoms with Gasteiger partial charge in [0.15, 0.2) is 0 Å². The molecule has 0 unspecified atom stereocenters. The molecule has 0 aliphatic carbocycles. The van der Waals surface area contributed by atoms with Gasteiger partial charge in [0.25, 0.3) is 5.91 Å². The van der Waals surface area contributed by atoms with Crippen LogP contribution < -0.4 is 10.9 Å². The number of aromatic nitrogens is 1. The maximum Gasteiger partial charge on any atom is 0.347 e. The highest BCUT2D eigenvalue weighted by Gasteiger charge is 2.10. The van der Waals surface area contributed by atoms with Gasteiger partial charge in [-0.1, -0.05) is 30.3 Å². The summed E-state index contributed by atoms with van der Waals surface area (Å²) in [5.74, 6) is 0.0756. The third-order valence-corrected chi connectivity index (χ3v) is 4.31. The van der Waals surface area contributed by atoms with Gasteiger partial charge in [-0.3, -0.25) is 4.79 Å². The van der Waals surface area contributed by atoms with Gasteiger partial charge < -0.3 is 9.73 Å². The van der Waals surface area contributed by atoms with E-state index in [2.05, 4.69) is 10.3 Å². The van der Waals surface area contributed by atoms with Gasteiger partial charge >= 0.3 is 5.63 Å². The standard InChI is InChI=1S/C22H16N2O3/c1-14-6-2-3-7-17(14)20(25)23-16-12-10-15(11-13-16)21-24-19-9-5-4-8-18(19)22(26)27-21/h2-13H,1H3,(H,23,25). The zero-order valence-electron chi connectivity index (χ0n) is 14.6. The van der Waals surface area contributed by atoms with Crippen molar-refractivity contribution in [3.63, 3.8) is 0 Å². The molecule has 0 bridgehead atoms. The van der Waals surface area contributed by atoms with Gasteiger partial charge in [-0.25, -0.2) is 9.78 Å². The van der Waals surface area contributed by atoms with Crippen LogP contribution in [0, 0.1) is 6.92 Å². The molecular weight excluding hydrogens is 340 g/mol. The molecule has 27 heavy (non-hydrogen) atoms. The molecule has 132 valence electrons. The number of amides is 1. The third kappa shape index (κ3) is 3.35. The Hall–Kier alpha value is -3.73. The summed E-state index contributed by atoms with van der Waals surface area (Å²) in [7, 11) is 0. The molecule has 4 aromatic rings. The Labute approximate surface area is 155 Å². The van der Waals surface area contributed by atoms with E-state index in [-0.39, 0.29) is 11.8 Å². The van der Waals surface area contributed by atoms with Crippen LogP contribution in [-0.4, -0.2) is 10.9 Å². The lowest BCUT2D eigenvalue weighted by Gasteiger charge is -2.08. The summed E-state index contributed by atoms with van der Waals surface area (Å²) < 4.78 is 5.33. The van der Waals surface area contributed by atoms with Crippen LogP contribution >= 0.6 is 0 Å². The van der Waals surface area contributed by atoms with Crippen molar-refractivity contribution in [3.05, 3.63) is 94.3 Å². The van der Waals surface area contributed by atoms with E-state index in [1.807, 2.05) is 31.2 Å². The van der Waals surface area contributed by atoms with Gasteiger partial charge in [-0.15, -0.1) is 0 Å². The van der Waals surface area contributed by atoms with E-state index in [0.29, 0.717) is 27.7 Å². The number of hydrogen-bond acceptors (Lipinski definition) is 4. The van der Waals surface area contributed by atoms with Crippen LogP contribution in [0.15, 0.2) is 82.0 Å². The molecule has 0 saturated heterocycles. The second-order valence-corrected chi connectivity index (χ2v) is 6.17. The second kappa shape index (κ2) is 6.88. The van der Waals surface area contributed by atoms with Crippen molar-refractivity contribution in [1.82, 2.24) is 4.98 Å². The number of carbonyl (C=O) groups excluding carboxylic acids is 1. The minimum Gasteiger partial charge on any atom is -0.403 e. The predicted octanol–water partition coefficient (Wildman–Crippen LogP) is 4.42. The summed E-state index contributed by atoms with van der Waals surface area (Å²) in [5, 5.41) is 3.31. The van der Waals surface area contributed by atoms with Crippen molar-refractivity contribution in [2.24, 2.45) is 0 Å². The Balaban J connectivity index is 1.60. The molecule has 4 rings (SSSR count). The summed E-state index contributed by atoms with van der Waals surface area (Å²) in [5.41, 5.74) is 3.01. The molecule has 1 heterocycles. The normalized spacial score (nSPS) is 10.7. The number of para-hydroxylation sites is 1. The van der Waals surface area contributed by atoms with Gasteiger partial charge in [0.1, 0.15) is 0 Å². The lowest BCUT2D eigenvalue weighted by atomic mass is 10.1. The lowest BCUT2D eigenvalue weighted by molar-refractivity contribution is 0.102. The average molecular weight is 356 g/mol. The largest absolute Gasteiger partial charge is 0.403 e. The van der Waals surface area contributed by atoms with Gasteiger partial charge in [0, 0.05) is 16.8 Å². The van der Waals surface area contributed by atoms with Gasteiger partial charge in [-0.05, 0) is 55.0 Å². The average Bonchev–Trinajstić information content (AvgIpc) is 2.69.